The van der Waals surface area contributed by atoms with Gasteiger partial charge in [0.15, 0.2) is 0 Å². The second-order valence-electron chi connectivity index (χ2n) is 7.93. The summed E-state index contributed by atoms with van der Waals surface area (Å²) in [7, 11) is -4.25. The molecule has 0 amide bonds. The Balaban J connectivity index is 0.00000149. The summed E-state index contributed by atoms with van der Waals surface area (Å²) < 4.78 is 68.8. The normalized spacial score (nSPS) is 15.2. The van der Waals surface area contributed by atoms with Crippen LogP contribution in [0, 0.1) is 5.82 Å². The number of aromatic nitrogens is 1. The van der Waals surface area contributed by atoms with Gasteiger partial charge in [-0.1, -0.05) is 26.0 Å². The SMILES string of the molecule is CC.CC(C)N1CCN(c2cccc3c2c(C(F)F)cn3S(=O)(=O)c2cccc(F)c2)CC1. The molecule has 0 N–H and O–H groups in total. The van der Waals surface area contributed by atoms with Crippen molar-refractivity contribution in [3.63, 3.8) is 0 Å². The molecule has 0 unspecified atom stereocenters. The van der Waals surface area contributed by atoms with Gasteiger partial charge in [-0.15, -0.1) is 0 Å². The molecule has 1 fully saturated rings. The molecule has 33 heavy (non-hydrogen) atoms. The fraction of sp³-hybridized carbons (Fsp3) is 0.417. The smallest absolute Gasteiger partial charge is 0.268 e. The van der Waals surface area contributed by atoms with Crippen molar-refractivity contribution >= 4 is 26.6 Å². The number of piperazine rings is 1. The van der Waals surface area contributed by atoms with Crippen molar-refractivity contribution in [3.8, 4) is 0 Å². The van der Waals surface area contributed by atoms with Gasteiger partial charge in [0.2, 0.25) is 0 Å². The molecular weight excluding hydrogens is 451 g/mol. The zero-order valence-electron chi connectivity index (χ0n) is 19.3. The predicted molar refractivity (Wildman–Crippen MR) is 126 cm³/mol. The molecule has 5 nitrogen and oxygen atoms in total. The maximum Gasteiger partial charge on any atom is 0.268 e. The topological polar surface area (TPSA) is 45.5 Å². The van der Waals surface area contributed by atoms with Gasteiger partial charge in [-0.2, -0.15) is 0 Å². The van der Waals surface area contributed by atoms with Crippen LogP contribution >= 0.6 is 0 Å². The van der Waals surface area contributed by atoms with E-state index >= 15 is 0 Å². The van der Waals surface area contributed by atoms with E-state index in [2.05, 4.69) is 18.7 Å². The molecule has 1 aliphatic rings. The highest BCUT2D eigenvalue weighted by atomic mass is 32.2. The van der Waals surface area contributed by atoms with E-state index in [1.807, 2.05) is 18.7 Å². The van der Waals surface area contributed by atoms with Crippen molar-refractivity contribution in [3.05, 3.63) is 60.0 Å². The van der Waals surface area contributed by atoms with Gasteiger partial charge in [-0.05, 0) is 44.2 Å². The Labute approximate surface area is 193 Å². The number of fused-ring (bicyclic) bond motifs is 1. The molecule has 0 saturated carbocycles. The van der Waals surface area contributed by atoms with Gasteiger partial charge in [0.25, 0.3) is 16.4 Å². The number of halogens is 3. The molecule has 1 aliphatic heterocycles. The summed E-state index contributed by atoms with van der Waals surface area (Å²) >= 11 is 0. The fourth-order valence-electron chi connectivity index (χ4n) is 4.12. The first-order chi connectivity index (χ1) is 15.7. The predicted octanol–water partition coefficient (Wildman–Crippen LogP) is 5.51. The van der Waals surface area contributed by atoms with Gasteiger partial charge >= 0.3 is 0 Å². The van der Waals surface area contributed by atoms with E-state index in [0.717, 1.165) is 35.4 Å². The third-order valence-electron chi connectivity index (χ3n) is 5.78. The van der Waals surface area contributed by atoms with Gasteiger partial charge < -0.3 is 4.90 Å². The number of benzene rings is 2. The summed E-state index contributed by atoms with van der Waals surface area (Å²) in [6.45, 7) is 11.1. The lowest BCUT2D eigenvalue weighted by Gasteiger charge is -2.38. The molecule has 0 bridgehead atoms. The Kier molecular flexibility index (Phi) is 7.74. The fourth-order valence-corrected chi connectivity index (χ4v) is 5.52. The lowest BCUT2D eigenvalue weighted by atomic mass is 10.1. The number of nitrogens with zero attached hydrogens (tertiary/aromatic N) is 3. The largest absolute Gasteiger partial charge is 0.368 e. The van der Waals surface area contributed by atoms with Crippen LogP contribution in [0.25, 0.3) is 10.9 Å². The van der Waals surface area contributed by atoms with Crippen LogP contribution in [0.5, 0.6) is 0 Å². The molecule has 9 heteroatoms. The van der Waals surface area contributed by atoms with Crippen LogP contribution in [0.2, 0.25) is 0 Å². The van der Waals surface area contributed by atoms with Gasteiger partial charge in [0, 0.05) is 55.1 Å². The van der Waals surface area contributed by atoms with Crippen molar-refractivity contribution < 1.29 is 21.6 Å². The highest BCUT2D eigenvalue weighted by Crippen LogP contribution is 2.38. The van der Waals surface area contributed by atoms with Gasteiger partial charge in [-0.3, -0.25) is 4.90 Å². The standard InChI is InChI=1S/C22H24F3N3O2S.C2H6/c1-15(2)26-9-11-27(12-10-26)19-7-4-8-20-21(19)18(22(24)25)14-28(20)31(29,30)17-6-3-5-16(23)13-17;1-2/h3-8,13-15,22H,9-12H2,1-2H3;1-2H3. The quantitative estimate of drug-likeness (QED) is 0.482. The molecule has 3 aromatic rings. The molecule has 2 heterocycles. The van der Waals surface area contributed by atoms with Crippen molar-refractivity contribution in [2.45, 2.75) is 45.1 Å². The van der Waals surface area contributed by atoms with Crippen molar-refractivity contribution in [1.82, 2.24) is 8.87 Å². The Morgan fingerprint density at radius 2 is 1.58 bits per heavy atom. The van der Waals surface area contributed by atoms with E-state index in [9.17, 15) is 21.6 Å². The van der Waals surface area contributed by atoms with Crippen molar-refractivity contribution in [1.29, 1.82) is 0 Å². The first kappa shape index (κ1) is 25.1. The molecule has 0 atom stereocenters. The molecule has 0 spiro atoms. The minimum atomic E-state index is -4.25. The molecule has 0 aliphatic carbocycles. The summed E-state index contributed by atoms with van der Waals surface area (Å²) in [5, 5.41) is 0.218. The summed E-state index contributed by atoms with van der Waals surface area (Å²) in [4.78, 5) is 4.04. The molecule has 4 rings (SSSR count). The summed E-state index contributed by atoms with van der Waals surface area (Å²) in [6, 6.07) is 9.86. The first-order valence-electron chi connectivity index (χ1n) is 11.1. The van der Waals surface area contributed by atoms with E-state index in [4.69, 9.17) is 0 Å². The van der Waals surface area contributed by atoms with Gasteiger partial charge in [0.1, 0.15) is 5.82 Å². The maximum absolute atomic E-state index is 14.0. The molecule has 1 saturated heterocycles. The average molecular weight is 482 g/mol. The summed E-state index contributed by atoms with van der Waals surface area (Å²) in [5.41, 5.74) is 0.393. The highest BCUT2D eigenvalue weighted by molar-refractivity contribution is 7.90. The lowest BCUT2D eigenvalue weighted by molar-refractivity contribution is 0.153. The second kappa shape index (κ2) is 10.2. The van der Waals surface area contributed by atoms with Gasteiger partial charge in [0.05, 0.1) is 10.4 Å². The van der Waals surface area contributed by atoms with Crippen LogP contribution in [0.1, 0.15) is 39.7 Å². The molecule has 2 aromatic carbocycles. The van der Waals surface area contributed by atoms with Crippen LogP contribution < -0.4 is 4.90 Å². The van der Waals surface area contributed by atoms with E-state index in [0.29, 0.717) is 24.8 Å². The minimum Gasteiger partial charge on any atom is -0.368 e. The molecule has 0 radical (unpaired) electrons. The Bertz CT molecular complexity index is 1200. The Hall–Kier alpha value is -2.52. The average Bonchev–Trinajstić information content (AvgIpc) is 3.21. The number of alkyl halides is 2. The number of anilines is 1. The third kappa shape index (κ3) is 4.89. The van der Waals surface area contributed by atoms with Crippen LogP contribution in [0.3, 0.4) is 0 Å². The number of rotatable bonds is 5. The molecule has 180 valence electrons. The highest BCUT2D eigenvalue weighted by Gasteiger charge is 2.28. The van der Waals surface area contributed by atoms with E-state index < -0.39 is 22.3 Å². The van der Waals surface area contributed by atoms with E-state index in [1.54, 1.807) is 12.1 Å². The van der Waals surface area contributed by atoms with Gasteiger partial charge in [-0.25, -0.2) is 25.6 Å². The lowest BCUT2D eigenvalue weighted by Crippen LogP contribution is -2.49. The Morgan fingerprint density at radius 3 is 2.15 bits per heavy atom. The zero-order valence-corrected chi connectivity index (χ0v) is 20.1. The van der Waals surface area contributed by atoms with Crippen molar-refractivity contribution in [2.75, 3.05) is 31.1 Å². The maximum atomic E-state index is 14.0. The van der Waals surface area contributed by atoms with Crippen LogP contribution in [-0.4, -0.2) is 49.5 Å². The van der Waals surface area contributed by atoms with Crippen LogP contribution in [0.15, 0.2) is 53.6 Å². The third-order valence-corrected chi connectivity index (χ3v) is 7.45. The van der Waals surface area contributed by atoms with Crippen LogP contribution in [-0.2, 0) is 10.0 Å². The Morgan fingerprint density at radius 1 is 0.939 bits per heavy atom. The minimum absolute atomic E-state index is 0.156. The zero-order chi connectivity index (χ0) is 24.3. The monoisotopic (exact) mass is 481 g/mol. The number of hydrogen-bond donors (Lipinski definition) is 0. The van der Waals surface area contributed by atoms with Crippen molar-refractivity contribution in [2.24, 2.45) is 0 Å². The second-order valence-corrected chi connectivity index (χ2v) is 9.75. The first-order valence-corrected chi connectivity index (χ1v) is 12.6. The summed E-state index contributed by atoms with van der Waals surface area (Å²) in [6.07, 6.45) is -1.90. The summed E-state index contributed by atoms with van der Waals surface area (Å²) in [5.74, 6) is -0.713. The molecular formula is C24H30F3N3O2S. The molecule has 1 aromatic heterocycles. The number of hydrogen-bond acceptors (Lipinski definition) is 4. The van der Waals surface area contributed by atoms with E-state index in [1.165, 1.54) is 18.2 Å². The van der Waals surface area contributed by atoms with E-state index in [-0.39, 0.29) is 21.4 Å². The van der Waals surface area contributed by atoms with Crippen LogP contribution in [0.4, 0.5) is 18.9 Å².